The van der Waals surface area contributed by atoms with Gasteiger partial charge in [0.25, 0.3) is 0 Å². The van der Waals surface area contributed by atoms with Crippen LogP contribution >= 0.6 is 0 Å². The third-order valence-corrected chi connectivity index (χ3v) is 1.58. The Balaban J connectivity index is 3.02. The van der Waals surface area contributed by atoms with Crippen molar-refractivity contribution in [1.82, 2.24) is 5.01 Å². The summed E-state index contributed by atoms with van der Waals surface area (Å²) in [5.74, 6) is 0. The fraction of sp³-hybridized carbons (Fsp3) is 0.333. The molecule has 0 N–H and O–H groups in total. The number of rotatable bonds is 2. The van der Waals surface area contributed by atoms with Gasteiger partial charge < -0.3 is 5.21 Å². The molecular formula is C9H13N3O. The van der Waals surface area contributed by atoms with Crippen LogP contribution < -0.4 is 0 Å². The van der Waals surface area contributed by atoms with Crippen LogP contribution in [0.25, 0.3) is 0 Å². The molecule has 70 valence electrons. The molecule has 0 aliphatic heterocycles. The van der Waals surface area contributed by atoms with E-state index in [1.807, 2.05) is 25.1 Å². The van der Waals surface area contributed by atoms with Crippen LogP contribution in [0.1, 0.15) is 5.56 Å². The van der Waals surface area contributed by atoms with Gasteiger partial charge in [-0.1, -0.05) is 18.2 Å². The lowest BCUT2D eigenvalue weighted by Crippen LogP contribution is -2.07. The second-order valence-electron chi connectivity index (χ2n) is 3.00. The first-order chi connectivity index (χ1) is 6.11. The molecule has 0 bridgehead atoms. The average molecular weight is 179 g/mol. The van der Waals surface area contributed by atoms with Crippen molar-refractivity contribution >= 4 is 5.69 Å². The summed E-state index contributed by atoms with van der Waals surface area (Å²) in [6.45, 7) is 1.88. The minimum Gasteiger partial charge on any atom is -0.691 e. The molecule has 0 atom stereocenters. The molecule has 0 radical (unpaired) electrons. The molecule has 0 fully saturated rings. The fourth-order valence-corrected chi connectivity index (χ4v) is 0.989. The molecule has 13 heavy (non-hydrogen) atoms. The van der Waals surface area contributed by atoms with Crippen molar-refractivity contribution in [2.24, 2.45) is 5.22 Å². The van der Waals surface area contributed by atoms with Gasteiger partial charge in [0.1, 0.15) is 0 Å². The minimum atomic E-state index is 0.580. The lowest BCUT2D eigenvalue weighted by atomic mass is 10.2. The van der Waals surface area contributed by atoms with Gasteiger partial charge in [0.2, 0.25) is 0 Å². The van der Waals surface area contributed by atoms with Crippen molar-refractivity contribution in [1.29, 1.82) is 0 Å². The highest BCUT2D eigenvalue weighted by molar-refractivity contribution is 5.38. The summed E-state index contributed by atoms with van der Waals surface area (Å²) >= 11 is 0. The van der Waals surface area contributed by atoms with Crippen LogP contribution in [-0.2, 0) is 0 Å². The Morgan fingerprint density at radius 2 is 1.92 bits per heavy atom. The Morgan fingerprint density at radius 1 is 1.31 bits per heavy atom. The van der Waals surface area contributed by atoms with Gasteiger partial charge in [0, 0.05) is 0 Å². The van der Waals surface area contributed by atoms with Crippen LogP contribution in [0.5, 0.6) is 0 Å². The molecule has 4 heteroatoms. The van der Waals surface area contributed by atoms with Crippen molar-refractivity contribution in [3.63, 3.8) is 0 Å². The first-order valence-electron chi connectivity index (χ1n) is 4.03. The standard InChI is InChI=1S/C9H13N3O/c1-8-6-4-5-7-9(8)12(13)10-11(2)3/h4-7H,1-3H3. The van der Waals surface area contributed by atoms with Crippen molar-refractivity contribution in [2.75, 3.05) is 14.1 Å². The molecule has 1 aromatic carbocycles. The van der Waals surface area contributed by atoms with Crippen LogP contribution in [-0.4, -0.2) is 24.0 Å². The number of benzene rings is 1. The number of hydrogen-bond donors (Lipinski definition) is 0. The maximum atomic E-state index is 11.4. The van der Waals surface area contributed by atoms with E-state index in [4.69, 9.17) is 0 Å². The van der Waals surface area contributed by atoms with Crippen molar-refractivity contribution in [2.45, 2.75) is 6.92 Å². The van der Waals surface area contributed by atoms with Gasteiger partial charge in [-0.25, -0.2) is 0 Å². The molecule has 0 spiro atoms. The summed E-state index contributed by atoms with van der Waals surface area (Å²) in [4.78, 5) is 0.620. The topological polar surface area (TPSA) is 41.7 Å². The lowest BCUT2D eigenvalue weighted by Gasteiger charge is -2.09. The third-order valence-electron chi connectivity index (χ3n) is 1.58. The zero-order valence-electron chi connectivity index (χ0n) is 8.06. The van der Waals surface area contributed by atoms with E-state index < -0.39 is 0 Å². The molecule has 4 nitrogen and oxygen atoms in total. The van der Waals surface area contributed by atoms with Gasteiger partial charge in [-0.3, -0.25) is 0 Å². The second-order valence-corrected chi connectivity index (χ2v) is 3.00. The van der Waals surface area contributed by atoms with E-state index in [1.165, 1.54) is 5.01 Å². The Kier molecular flexibility index (Phi) is 2.84. The molecule has 0 saturated heterocycles. The molecule has 1 rings (SSSR count). The fourth-order valence-electron chi connectivity index (χ4n) is 0.989. The van der Waals surface area contributed by atoms with Crippen LogP contribution in [0.2, 0.25) is 0 Å². The van der Waals surface area contributed by atoms with E-state index in [2.05, 4.69) is 5.22 Å². The van der Waals surface area contributed by atoms with Gasteiger partial charge in [-0.05, 0) is 18.6 Å². The quantitative estimate of drug-likeness (QED) is 0.396. The van der Waals surface area contributed by atoms with E-state index >= 15 is 0 Å². The Morgan fingerprint density at radius 3 is 2.46 bits per heavy atom. The Hall–Kier alpha value is -1.58. The van der Waals surface area contributed by atoms with E-state index in [-0.39, 0.29) is 0 Å². The molecule has 0 aliphatic carbocycles. The zero-order valence-corrected chi connectivity index (χ0v) is 8.06. The van der Waals surface area contributed by atoms with Gasteiger partial charge in [0.05, 0.1) is 19.3 Å². The summed E-state index contributed by atoms with van der Waals surface area (Å²) in [7, 11) is 3.42. The first-order valence-corrected chi connectivity index (χ1v) is 4.03. The Bertz CT molecular complexity index is 320. The highest BCUT2D eigenvalue weighted by Crippen LogP contribution is 2.16. The van der Waals surface area contributed by atoms with Crippen molar-refractivity contribution in [3.05, 3.63) is 35.0 Å². The maximum Gasteiger partial charge on any atom is 0.157 e. The molecule has 0 saturated carbocycles. The number of para-hydroxylation sites is 1. The largest absolute Gasteiger partial charge is 0.691 e. The monoisotopic (exact) mass is 179 g/mol. The van der Waals surface area contributed by atoms with E-state index in [0.29, 0.717) is 10.5 Å². The van der Waals surface area contributed by atoms with Gasteiger partial charge in [-0.15, -0.1) is 4.86 Å². The molecule has 0 heterocycles. The molecule has 1 aromatic rings. The normalized spacial score (nSPS) is 11.5. The molecule has 0 amide bonds. The second kappa shape index (κ2) is 3.89. The summed E-state index contributed by atoms with van der Waals surface area (Å²) in [6, 6.07) is 7.33. The number of nitrogens with zero attached hydrogens (tertiary/aromatic N) is 3. The van der Waals surface area contributed by atoms with Gasteiger partial charge in [0.15, 0.2) is 5.69 Å². The molecular weight excluding hydrogens is 166 g/mol. The van der Waals surface area contributed by atoms with Gasteiger partial charge >= 0.3 is 0 Å². The summed E-state index contributed by atoms with van der Waals surface area (Å²) in [5, 5.41) is 16.6. The van der Waals surface area contributed by atoms with Crippen LogP contribution in [0.15, 0.2) is 29.5 Å². The van der Waals surface area contributed by atoms with E-state index in [9.17, 15) is 5.21 Å². The SMILES string of the molecule is Cc1ccccc1[N+]([O-])=NN(C)C. The molecule has 0 unspecified atom stereocenters. The number of aryl methyl sites for hydroxylation is 1. The third kappa shape index (κ3) is 2.43. The predicted octanol–water partition coefficient (Wildman–Crippen LogP) is 2.07. The highest BCUT2D eigenvalue weighted by Gasteiger charge is 2.01. The van der Waals surface area contributed by atoms with E-state index in [0.717, 1.165) is 5.56 Å². The molecule has 0 aliphatic rings. The average Bonchev–Trinajstić information content (AvgIpc) is 2.03. The highest BCUT2D eigenvalue weighted by atomic mass is 16.5. The van der Waals surface area contributed by atoms with Crippen LogP contribution in [0.4, 0.5) is 5.69 Å². The Labute approximate surface area is 77.7 Å². The number of hydrogen-bond acceptors (Lipinski definition) is 2. The first kappa shape index (κ1) is 9.51. The maximum absolute atomic E-state index is 11.4. The summed E-state index contributed by atoms with van der Waals surface area (Å²) < 4.78 is 0. The van der Waals surface area contributed by atoms with Crippen LogP contribution in [0, 0.1) is 12.1 Å². The van der Waals surface area contributed by atoms with Crippen molar-refractivity contribution < 1.29 is 4.86 Å². The van der Waals surface area contributed by atoms with Crippen LogP contribution in [0.3, 0.4) is 0 Å². The van der Waals surface area contributed by atoms with Gasteiger partial charge in [-0.2, -0.15) is 5.01 Å². The molecule has 0 aromatic heterocycles. The van der Waals surface area contributed by atoms with Crippen molar-refractivity contribution in [3.8, 4) is 0 Å². The summed E-state index contributed by atoms with van der Waals surface area (Å²) in [6.07, 6.45) is 0. The smallest absolute Gasteiger partial charge is 0.157 e. The lowest BCUT2D eigenvalue weighted by molar-refractivity contribution is -0.460. The zero-order chi connectivity index (χ0) is 9.84. The summed E-state index contributed by atoms with van der Waals surface area (Å²) in [5.41, 5.74) is 1.50. The minimum absolute atomic E-state index is 0.580. The van der Waals surface area contributed by atoms with E-state index in [1.54, 1.807) is 20.2 Å². The predicted molar refractivity (Wildman–Crippen MR) is 50.6 cm³/mol.